The van der Waals surface area contributed by atoms with E-state index in [1.165, 1.54) is 11.8 Å². The Morgan fingerprint density at radius 1 is 1.55 bits per heavy atom. The molecule has 2 heterocycles. The molecule has 1 N–H and O–H groups in total. The van der Waals surface area contributed by atoms with Crippen molar-refractivity contribution in [2.45, 2.75) is 18.1 Å². The molecule has 1 atom stereocenters. The Bertz CT molecular complexity index is 632. The molecule has 0 bridgehead atoms. The van der Waals surface area contributed by atoms with Crippen molar-refractivity contribution in [3.8, 4) is 5.75 Å². The monoisotopic (exact) mass is 319 g/mol. The zero-order chi connectivity index (χ0) is 15.5. The van der Waals surface area contributed by atoms with Gasteiger partial charge >= 0.3 is 0 Å². The summed E-state index contributed by atoms with van der Waals surface area (Å²) < 4.78 is 5.12. The third kappa shape index (κ3) is 3.09. The molecule has 0 radical (unpaired) electrons. The first-order valence-corrected chi connectivity index (χ1v) is 8.02. The topological polar surface area (TPSA) is 71.0 Å². The SMILES string of the molecule is COc1cccc(NC(=O)CC2SC3=NCCCN3C2=O)c1. The largest absolute Gasteiger partial charge is 0.497 e. The van der Waals surface area contributed by atoms with Crippen LogP contribution in [0.4, 0.5) is 5.69 Å². The van der Waals surface area contributed by atoms with Crippen LogP contribution >= 0.6 is 11.8 Å². The molecule has 7 heteroatoms. The Morgan fingerprint density at radius 3 is 3.18 bits per heavy atom. The highest BCUT2D eigenvalue weighted by Crippen LogP contribution is 2.31. The second kappa shape index (κ2) is 6.39. The molecule has 1 unspecified atom stereocenters. The number of fused-ring (bicyclic) bond motifs is 1. The van der Waals surface area contributed by atoms with Crippen LogP contribution in [0.15, 0.2) is 29.3 Å². The van der Waals surface area contributed by atoms with Gasteiger partial charge in [-0.15, -0.1) is 0 Å². The number of carbonyl (C=O) groups is 2. The van der Waals surface area contributed by atoms with Crippen molar-refractivity contribution in [1.29, 1.82) is 0 Å². The standard InChI is InChI=1S/C15H17N3O3S/c1-21-11-5-2-4-10(8-11)17-13(19)9-12-14(20)18-7-3-6-16-15(18)22-12/h2,4-5,8,12H,3,6-7,9H2,1H3,(H,17,19). The lowest BCUT2D eigenvalue weighted by atomic mass is 10.2. The quantitative estimate of drug-likeness (QED) is 0.917. The minimum Gasteiger partial charge on any atom is -0.497 e. The third-order valence-corrected chi connectivity index (χ3v) is 4.74. The zero-order valence-corrected chi connectivity index (χ0v) is 13.1. The second-order valence-corrected chi connectivity index (χ2v) is 6.27. The van der Waals surface area contributed by atoms with Crippen molar-refractivity contribution in [2.24, 2.45) is 4.99 Å². The van der Waals surface area contributed by atoms with Gasteiger partial charge in [-0.1, -0.05) is 17.8 Å². The van der Waals surface area contributed by atoms with E-state index in [4.69, 9.17) is 4.74 Å². The van der Waals surface area contributed by atoms with E-state index < -0.39 is 0 Å². The minimum atomic E-state index is -0.373. The summed E-state index contributed by atoms with van der Waals surface area (Å²) in [5.74, 6) is 0.486. The highest BCUT2D eigenvalue weighted by molar-refractivity contribution is 8.15. The lowest BCUT2D eigenvalue weighted by molar-refractivity contribution is -0.128. The smallest absolute Gasteiger partial charge is 0.242 e. The highest BCUT2D eigenvalue weighted by atomic mass is 32.2. The van der Waals surface area contributed by atoms with Gasteiger partial charge in [-0.3, -0.25) is 19.5 Å². The second-order valence-electron chi connectivity index (χ2n) is 5.10. The van der Waals surface area contributed by atoms with Gasteiger partial charge in [0, 0.05) is 31.3 Å². The predicted molar refractivity (Wildman–Crippen MR) is 86.3 cm³/mol. The summed E-state index contributed by atoms with van der Waals surface area (Å²) in [4.78, 5) is 30.4. The minimum absolute atomic E-state index is 0.00996. The van der Waals surface area contributed by atoms with Crippen molar-refractivity contribution < 1.29 is 14.3 Å². The number of rotatable bonds is 4. The van der Waals surface area contributed by atoms with E-state index in [-0.39, 0.29) is 23.5 Å². The number of aliphatic imine (C=N–C) groups is 1. The Labute approximate surface area is 132 Å². The molecule has 3 rings (SSSR count). The summed E-state index contributed by atoms with van der Waals surface area (Å²) in [6.45, 7) is 1.47. The van der Waals surface area contributed by atoms with E-state index >= 15 is 0 Å². The van der Waals surface area contributed by atoms with Crippen molar-refractivity contribution >= 4 is 34.4 Å². The molecule has 2 aliphatic heterocycles. The molecule has 1 fully saturated rings. The fourth-order valence-electron chi connectivity index (χ4n) is 2.45. The molecular formula is C15H17N3O3S. The van der Waals surface area contributed by atoms with E-state index in [0.717, 1.165) is 18.1 Å². The first kappa shape index (κ1) is 14.9. The van der Waals surface area contributed by atoms with Crippen LogP contribution in [0.3, 0.4) is 0 Å². The Hall–Kier alpha value is -2.02. The number of benzene rings is 1. The van der Waals surface area contributed by atoms with Gasteiger partial charge in [0.2, 0.25) is 11.8 Å². The fraction of sp³-hybridized carbons (Fsp3) is 0.400. The Kier molecular flexibility index (Phi) is 4.33. The summed E-state index contributed by atoms with van der Waals surface area (Å²) in [6.07, 6.45) is 1.04. The molecule has 0 aromatic heterocycles. The van der Waals surface area contributed by atoms with E-state index in [0.29, 0.717) is 18.0 Å². The van der Waals surface area contributed by atoms with Crippen LogP contribution in [0.5, 0.6) is 5.75 Å². The molecule has 1 aromatic carbocycles. The van der Waals surface area contributed by atoms with Gasteiger partial charge in [0.25, 0.3) is 0 Å². The summed E-state index contributed by atoms with van der Waals surface area (Å²) in [5, 5.41) is 3.19. The molecule has 2 aliphatic rings. The van der Waals surface area contributed by atoms with Crippen LogP contribution in [-0.4, -0.2) is 47.3 Å². The number of ether oxygens (including phenoxy) is 1. The van der Waals surface area contributed by atoms with Crippen LogP contribution in [0.2, 0.25) is 0 Å². The number of methoxy groups -OCH3 is 1. The van der Waals surface area contributed by atoms with Crippen LogP contribution in [0, 0.1) is 0 Å². The van der Waals surface area contributed by atoms with Crippen molar-refractivity contribution in [2.75, 3.05) is 25.5 Å². The van der Waals surface area contributed by atoms with Crippen molar-refractivity contribution in [3.63, 3.8) is 0 Å². The first-order valence-electron chi connectivity index (χ1n) is 7.14. The fourth-order valence-corrected chi connectivity index (χ4v) is 3.64. The third-order valence-electron chi connectivity index (χ3n) is 3.53. The number of hydrogen-bond acceptors (Lipinski definition) is 5. The van der Waals surface area contributed by atoms with Gasteiger partial charge in [0.05, 0.1) is 7.11 Å². The van der Waals surface area contributed by atoms with Gasteiger partial charge in [0.1, 0.15) is 11.0 Å². The molecule has 0 aliphatic carbocycles. The summed E-state index contributed by atoms with van der Waals surface area (Å²) in [7, 11) is 1.58. The van der Waals surface area contributed by atoms with E-state index in [9.17, 15) is 9.59 Å². The van der Waals surface area contributed by atoms with Crippen LogP contribution in [-0.2, 0) is 9.59 Å². The number of carbonyl (C=O) groups excluding carboxylic acids is 2. The number of anilines is 1. The van der Waals surface area contributed by atoms with Gasteiger partial charge in [-0.05, 0) is 18.6 Å². The lowest BCUT2D eigenvalue weighted by Crippen LogP contribution is -2.36. The molecule has 1 aromatic rings. The maximum Gasteiger partial charge on any atom is 0.242 e. The molecule has 6 nitrogen and oxygen atoms in total. The summed E-state index contributed by atoms with van der Waals surface area (Å²) >= 11 is 1.39. The normalized spacial score (nSPS) is 20.4. The number of nitrogens with one attached hydrogen (secondary N) is 1. The molecule has 1 saturated heterocycles. The molecule has 2 amide bonds. The maximum absolute atomic E-state index is 12.3. The van der Waals surface area contributed by atoms with Crippen LogP contribution < -0.4 is 10.1 Å². The molecule has 116 valence electrons. The summed E-state index contributed by atoms with van der Waals surface area (Å²) in [6, 6.07) is 7.15. The van der Waals surface area contributed by atoms with E-state index in [1.54, 1.807) is 30.2 Å². The van der Waals surface area contributed by atoms with Gasteiger partial charge in [-0.25, -0.2) is 0 Å². The molecule has 22 heavy (non-hydrogen) atoms. The highest BCUT2D eigenvalue weighted by Gasteiger charge is 2.39. The number of amides is 2. The van der Waals surface area contributed by atoms with Gasteiger partial charge in [-0.2, -0.15) is 0 Å². The zero-order valence-electron chi connectivity index (χ0n) is 12.2. The number of amidine groups is 1. The number of thioether (sulfide) groups is 1. The molecule has 0 saturated carbocycles. The predicted octanol–water partition coefficient (Wildman–Crippen LogP) is 1.73. The average molecular weight is 319 g/mol. The number of nitrogens with zero attached hydrogens (tertiary/aromatic N) is 2. The van der Waals surface area contributed by atoms with E-state index in [1.807, 2.05) is 6.07 Å². The maximum atomic E-state index is 12.3. The molecular weight excluding hydrogens is 302 g/mol. The van der Waals surface area contributed by atoms with Crippen LogP contribution in [0.1, 0.15) is 12.8 Å². The average Bonchev–Trinajstić information content (AvgIpc) is 2.84. The molecule has 0 spiro atoms. The van der Waals surface area contributed by atoms with E-state index in [2.05, 4.69) is 10.3 Å². The Balaban J connectivity index is 1.61. The summed E-state index contributed by atoms with van der Waals surface area (Å²) in [5.41, 5.74) is 0.662. The van der Waals surface area contributed by atoms with Gasteiger partial charge < -0.3 is 10.1 Å². The van der Waals surface area contributed by atoms with Gasteiger partial charge in [0.15, 0.2) is 5.17 Å². The van der Waals surface area contributed by atoms with Crippen LogP contribution in [0.25, 0.3) is 0 Å². The Morgan fingerprint density at radius 2 is 2.41 bits per heavy atom. The van der Waals surface area contributed by atoms with Crippen molar-refractivity contribution in [3.05, 3.63) is 24.3 Å². The lowest BCUT2D eigenvalue weighted by Gasteiger charge is -2.19. The first-order chi connectivity index (χ1) is 10.7. The van der Waals surface area contributed by atoms with Crippen molar-refractivity contribution in [1.82, 2.24) is 4.90 Å². The number of hydrogen-bond donors (Lipinski definition) is 1.